The van der Waals surface area contributed by atoms with Crippen molar-refractivity contribution in [3.8, 4) is 11.3 Å². The Morgan fingerprint density at radius 3 is 2.42 bits per heavy atom. The van der Waals surface area contributed by atoms with Crippen LogP contribution in [0, 0.1) is 0 Å². The Labute approximate surface area is 218 Å². The van der Waals surface area contributed by atoms with E-state index in [1.165, 1.54) is 16.7 Å². The quantitative estimate of drug-likeness (QED) is 0.347. The second-order valence-electron chi connectivity index (χ2n) is 9.26. The summed E-state index contributed by atoms with van der Waals surface area (Å²) in [6.07, 6.45) is -3.13. The zero-order chi connectivity index (χ0) is 26.7. The molecule has 0 spiro atoms. The van der Waals surface area contributed by atoms with Crippen molar-refractivity contribution in [1.82, 2.24) is 19.6 Å². The third kappa shape index (κ3) is 5.36. The summed E-state index contributed by atoms with van der Waals surface area (Å²) in [7, 11) is 1.65. The molecule has 0 unspecified atom stereocenters. The molecule has 2 atom stereocenters. The highest BCUT2D eigenvalue weighted by molar-refractivity contribution is 5.94. The van der Waals surface area contributed by atoms with Gasteiger partial charge < -0.3 is 10.1 Å². The molecule has 2 aromatic heterocycles. The first-order valence-electron chi connectivity index (χ1n) is 12.3. The summed E-state index contributed by atoms with van der Waals surface area (Å²) in [5.74, 6) is 0.215. The average Bonchev–Trinajstić information content (AvgIpc) is 3.49. The maximum atomic E-state index is 13.8. The van der Waals surface area contributed by atoms with Crippen molar-refractivity contribution in [2.75, 3.05) is 38.7 Å². The fourth-order valence-electron chi connectivity index (χ4n) is 4.99. The molecular formula is C28H28F3N5O2. The Morgan fingerprint density at radius 2 is 1.74 bits per heavy atom. The van der Waals surface area contributed by atoms with Crippen LogP contribution in [0.5, 0.6) is 0 Å². The number of aromatic nitrogens is 2. The van der Waals surface area contributed by atoms with Crippen molar-refractivity contribution in [2.45, 2.75) is 18.1 Å². The lowest BCUT2D eigenvalue weighted by Gasteiger charge is -2.21. The molecule has 3 heterocycles. The van der Waals surface area contributed by atoms with E-state index in [9.17, 15) is 18.0 Å². The number of ether oxygens (including phenoxy) is 1. The van der Waals surface area contributed by atoms with Crippen molar-refractivity contribution in [2.24, 2.45) is 0 Å². The molecule has 0 aliphatic carbocycles. The van der Waals surface area contributed by atoms with Gasteiger partial charge in [-0.05, 0) is 17.7 Å². The number of halogens is 3. The molecule has 4 aromatic rings. The van der Waals surface area contributed by atoms with Gasteiger partial charge in [0.1, 0.15) is 11.5 Å². The van der Waals surface area contributed by atoms with Gasteiger partial charge in [-0.15, -0.1) is 0 Å². The summed E-state index contributed by atoms with van der Waals surface area (Å²) in [5, 5.41) is 5.87. The van der Waals surface area contributed by atoms with Crippen molar-refractivity contribution < 1.29 is 22.7 Å². The van der Waals surface area contributed by atoms with Gasteiger partial charge in [-0.1, -0.05) is 60.7 Å². The lowest BCUT2D eigenvalue weighted by atomic mass is 9.94. The molecule has 38 heavy (non-hydrogen) atoms. The first-order valence-corrected chi connectivity index (χ1v) is 12.3. The van der Waals surface area contributed by atoms with Crippen LogP contribution in [0.25, 0.3) is 16.9 Å². The first-order chi connectivity index (χ1) is 18.3. The number of methoxy groups -OCH3 is 1. The van der Waals surface area contributed by atoms with Gasteiger partial charge in [0.15, 0.2) is 5.65 Å². The van der Waals surface area contributed by atoms with E-state index in [1.807, 2.05) is 30.3 Å². The molecule has 2 N–H and O–H groups in total. The van der Waals surface area contributed by atoms with Gasteiger partial charge >= 0.3 is 12.2 Å². The number of hydrogen-bond donors (Lipinski definition) is 2. The Bertz CT molecular complexity index is 1390. The van der Waals surface area contributed by atoms with Crippen molar-refractivity contribution in [3.05, 3.63) is 90.1 Å². The summed E-state index contributed by atoms with van der Waals surface area (Å²) in [6, 6.07) is 20.3. The summed E-state index contributed by atoms with van der Waals surface area (Å²) in [5.41, 5.74) is 0.799. The molecule has 0 radical (unpaired) electrons. The Morgan fingerprint density at radius 1 is 1.03 bits per heavy atom. The number of urea groups is 1. The van der Waals surface area contributed by atoms with E-state index >= 15 is 0 Å². The maximum Gasteiger partial charge on any atom is 0.419 e. The number of carbonyl (C=O) groups is 1. The molecule has 198 valence electrons. The van der Waals surface area contributed by atoms with E-state index in [0.717, 1.165) is 24.7 Å². The lowest BCUT2D eigenvalue weighted by Crippen LogP contribution is -2.42. The normalized spacial score (nSPS) is 18.1. The number of likely N-dealkylation sites (tertiary alicyclic amines) is 1. The number of amides is 2. The first kappa shape index (κ1) is 25.7. The number of carbonyl (C=O) groups excluding carboxylic acids is 1. The second-order valence-corrected chi connectivity index (χ2v) is 9.26. The fraction of sp³-hybridized carbons (Fsp3) is 0.286. The standard InChI is InChI=1S/C28H28F3N5O2/c1-38-16-15-35-17-21(19-9-4-2-5-10-19)23(18-35)32-27(37)34-26-24(20-11-6-3-7-12-20)33-25-22(28(29,30)31)13-8-14-36(25)26/h2-14,21,23H,15-18H2,1H3,(H2,32,34,37)/t21-,23+/m1/s1. The topological polar surface area (TPSA) is 70.9 Å². The maximum absolute atomic E-state index is 13.8. The minimum atomic E-state index is -4.60. The van der Waals surface area contributed by atoms with E-state index in [0.29, 0.717) is 18.7 Å². The number of benzene rings is 2. The van der Waals surface area contributed by atoms with E-state index < -0.39 is 17.8 Å². The van der Waals surface area contributed by atoms with Crippen LogP contribution in [0.1, 0.15) is 17.0 Å². The number of nitrogens with zero attached hydrogens (tertiary/aromatic N) is 3. The average molecular weight is 524 g/mol. The van der Waals surface area contributed by atoms with Crippen LogP contribution >= 0.6 is 0 Å². The zero-order valence-electron chi connectivity index (χ0n) is 20.8. The largest absolute Gasteiger partial charge is 0.419 e. The second kappa shape index (κ2) is 10.8. The van der Waals surface area contributed by atoms with Crippen LogP contribution in [-0.4, -0.2) is 59.7 Å². The summed E-state index contributed by atoms with van der Waals surface area (Å²) in [4.78, 5) is 19.9. The van der Waals surface area contributed by atoms with Crippen LogP contribution in [0.2, 0.25) is 0 Å². The molecule has 1 saturated heterocycles. The Hall–Kier alpha value is -3.89. The fourth-order valence-corrected chi connectivity index (χ4v) is 4.99. The predicted octanol–water partition coefficient (Wildman–Crippen LogP) is 5.26. The third-order valence-electron chi connectivity index (χ3n) is 6.79. The van der Waals surface area contributed by atoms with Crippen LogP contribution in [-0.2, 0) is 10.9 Å². The number of nitrogens with one attached hydrogen (secondary N) is 2. The van der Waals surface area contributed by atoms with Gasteiger partial charge in [0.25, 0.3) is 0 Å². The van der Waals surface area contributed by atoms with Gasteiger partial charge in [0, 0.05) is 44.4 Å². The zero-order valence-corrected chi connectivity index (χ0v) is 20.8. The molecule has 1 aliphatic rings. The molecule has 5 rings (SSSR count). The van der Waals surface area contributed by atoms with Gasteiger partial charge in [-0.2, -0.15) is 13.2 Å². The monoisotopic (exact) mass is 523 g/mol. The van der Waals surface area contributed by atoms with Crippen LogP contribution in [0.15, 0.2) is 79.0 Å². The van der Waals surface area contributed by atoms with Crippen molar-refractivity contribution in [1.29, 1.82) is 0 Å². The Balaban J connectivity index is 1.46. The number of hydrogen-bond acceptors (Lipinski definition) is 4. The number of imidazole rings is 1. The smallest absolute Gasteiger partial charge is 0.383 e. The van der Waals surface area contributed by atoms with Crippen LogP contribution in [0.3, 0.4) is 0 Å². The summed E-state index contributed by atoms with van der Waals surface area (Å²) < 4.78 is 47.8. The van der Waals surface area contributed by atoms with E-state index in [2.05, 4.69) is 20.5 Å². The number of alkyl halides is 3. The summed E-state index contributed by atoms with van der Waals surface area (Å²) >= 11 is 0. The minimum Gasteiger partial charge on any atom is -0.383 e. The number of fused-ring (bicyclic) bond motifs is 1. The van der Waals surface area contributed by atoms with Crippen LogP contribution in [0.4, 0.5) is 23.8 Å². The van der Waals surface area contributed by atoms with Crippen LogP contribution < -0.4 is 10.6 Å². The van der Waals surface area contributed by atoms with Gasteiger partial charge in [-0.25, -0.2) is 9.78 Å². The molecule has 7 nitrogen and oxygen atoms in total. The predicted molar refractivity (Wildman–Crippen MR) is 139 cm³/mol. The van der Waals surface area contributed by atoms with Crippen molar-refractivity contribution >= 4 is 17.5 Å². The highest BCUT2D eigenvalue weighted by atomic mass is 19.4. The van der Waals surface area contributed by atoms with Crippen molar-refractivity contribution in [3.63, 3.8) is 0 Å². The van der Waals surface area contributed by atoms with E-state index in [-0.39, 0.29) is 29.1 Å². The van der Waals surface area contributed by atoms with E-state index in [1.54, 1.807) is 37.4 Å². The molecule has 1 aliphatic heterocycles. The molecular weight excluding hydrogens is 495 g/mol. The SMILES string of the molecule is COCCN1C[C@H](NC(=O)Nc2c(-c3ccccc3)nc3c(C(F)(F)F)cccn23)[C@@H](c2ccccc2)C1. The number of rotatable bonds is 7. The van der Waals surface area contributed by atoms with Gasteiger partial charge in [0.05, 0.1) is 18.2 Å². The van der Waals surface area contributed by atoms with E-state index in [4.69, 9.17) is 4.74 Å². The number of pyridine rings is 1. The minimum absolute atomic E-state index is 0.0476. The molecule has 0 saturated carbocycles. The highest BCUT2D eigenvalue weighted by Crippen LogP contribution is 2.36. The molecule has 10 heteroatoms. The van der Waals surface area contributed by atoms with Gasteiger partial charge in [-0.3, -0.25) is 14.6 Å². The molecule has 2 aromatic carbocycles. The molecule has 2 amide bonds. The lowest BCUT2D eigenvalue weighted by molar-refractivity contribution is -0.136. The molecule has 1 fully saturated rings. The third-order valence-corrected chi connectivity index (χ3v) is 6.79. The highest BCUT2D eigenvalue weighted by Gasteiger charge is 2.36. The molecule has 0 bridgehead atoms. The Kier molecular flexibility index (Phi) is 7.35. The summed E-state index contributed by atoms with van der Waals surface area (Å²) in [6.45, 7) is 2.67. The van der Waals surface area contributed by atoms with Gasteiger partial charge in [0.2, 0.25) is 0 Å². The number of anilines is 1.